The summed E-state index contributed by atoms with van der Waals surface area (Å²) in [4.78, 5) is 21.9. The van der Waals surface area contributed by atoms with Gasteiger partial charge in [-0.1, -0.05) is 6.92 Å². The first-order valence-electron chi connectivity index (χ1n) is 4.23. The number of hydrazine groups is 1. The summed E-state index contributed by atoms with van der Waals surface area (Å²) in [5.41, 5.74) is 2.37. The molecule has 0 saturated carbocycles. The van der Waals surface area contributed by atoms with Crippen LogP contribution >= 0.6 is 0 Å². The molecule has 1 aliphatic rings. The van der Waals surface area contributed by atoms with E-state index in [4.69, 9.17) is 0 Å². The quantitative estimate of drug-likeness (QED) is 0.656. The lowest BCUT2D eigenvalue weighted by Gasteiger charge is -2.13. The van der Waals surface area contributed by atoms with E-state index >= 15 is 0 Å². The van der Waals surface area contributed by atoms with Gasteiger partial charge in [0.2, 0.25) is 0 Å². The SMILES string of the molecule is CCCNC(=O)NN1CCOC1=O. The van der Waals surface area contributed by atoms with Gasteiger partial charge >= 0.3 is 12.1 Å². The van der Waals surface area contributed by atoms with E-state index < -0.39 is 6.09 Å². The van der Waals surface area contributed by atoms with E-state index in [0.29, 0.717) is 19.7 Å². The van der Waals surface area contributed by atoms with Crippen LogP contribution in [0, 0.1) is 0 Å². The van der Waals surface area contributed by atoms with Gasteiger partial charge in [0, 0.05) is 6.54 Å². The lowest BCUT2D eigenvalue weighted by Crippen LogP contribution is -2.47. The summed E-state index contributed by atoms with van der Waals surface area (Å²) in [7, 11) is 0. The molecule has 0 spiro atoms. The first kappa shape index (κ1) is 9.63. The van der Waals surface area contributed by atoms with Gasteiger partial charge in [-0.3, -0.25) is 0 Å². The number of carbonyl (C=O) groups excluding carboxylic acids is 2. The van der Waals surface area contributed by atoms with E-state index in [1.165, 1.54) is 0 Å². The van der Waals surface area contributed by atoms with Crippen LogP contribution in [0.5, 0.6) is 0 Å². The summed E-state index contributed by atoms with van der Waals surface area (Å²) in [6.07, 6.45) is 0.351. The highest BCUT2D eigenvalue weighted by Crippen LogP contribution is 1.98. The Hall–Kier alpha value is -1.46. The van der Waals surface area contributed by atoms with Gasteiger partial charge in [-0.2, -0.15) is 0 Å². The molecular weight excluding hydrogens is 174 g/mol. The first-order valence-corrected chi connectivity index (χ1v) is 4.23. The molecule has 0 aromatic rings. The number of amides is 3. The van der Waals surface area contributed by atoms with Crippen LogP contribution in [0.3, 0.4) is 0 Å². The van der Waals surface area contributed by atoms with Gasteiger partial charge in [0.05, 0.1) is 6.54 Å². The third-order valence-corrected chi connectivity index (χ3v) is 1.53. The summed E-state index contributed by atoms with van der Waals surface area (Å²) in [6.45, 7) is 3.27. The van der Waals surface area contributed by atoms with Crippen LogP contribution in [0.25, 0.3) is 0 Å². The number of nitrogens with one attached hydrogen (secondary N) is 2. The Morgan fingerprint density at radius 3 is 3.00 bits per heavy atom. The molecule has 0 aliphatic carbocycles. The number of hydrogen-bond acceptors (Lipinski definition) is 3. The zero-order valence-corrected chi connectivity index (χ0v) is 7.50. The van der Waals surface area contributed by atoms with Crippen LogP contribution in [-0.2, 0) is 4.74 Å². The van der Waals surface area contributed by atoms with E-state index in [0.717, 1.165) is 11.4 Å². The second-order valence-electron chi connectivity index (χ2n) is 2.63. The Morgan fingerprint density at radius 1 is 1.69 bits per heavy atom. The highest BCUT2D eigenvalue weighted by Gasteiger charge is 2.23. The Balaban J connectivity index is 2.23. The molecular formula is C7H13N3O3. The average molecular weight is 187 g/mol. The Labute approximate surface area is 76.2 Å². The van der Waals surface area contributed by atoms with Gasteiger partial charge in [0.15, 0.2) is 0 Å². The largest absolute Gasteiger partial charge is 0.446 e. The Morgan fingerprint density at radius 2 is 2.46 bits per heavy atom. The maximum atomic E-state index is 11.0. The van der Waals surface area contributed by atoms with Crippen molar-refractivity contribution >= 4 is 12.1 Å². The molecule has 1 heterocycles. The monoisotopic (exact) mass is 187 g/mol. The summed E-state index contributed by atoms with van der Waals surface area (Å²) >= 11 is 0. The highest BCUT2D eigenvalue weighted by molar-refractivity contribution is 5.78. The number of cyclic esters (lactones) is 1. The molecule has 0 aromatic carbocycles. The minimum atomic E-state index is -0.508. The summed E-state index contributed by atoms with van der Waals surface area (Å²) in [5, 5.41) is 3.72. The van der Waals surface area contributed by atoms with E-state index in [9.17, 15) is 9.59 Å². The third-order valence-electron chi connectivity index (χ3n) is 1.53. The summed E-state index contributed by atoms with van der Waals surface area (Å²) < 4.78 is 4.62. The number of urea groups is 1. The molecule has 1 saturated heterocycles. The lowest BCUT2D eigenvalue weighted by atomic mass is 10.5. The number of carbonyl (C=O) groups is 2. The van der Waals surface area contributed by atoms with Crippen molar-refractivity contribution in [2.75, 3.05) is 19.7 Å². The molecule has 6 heteroatoms. The maximum absolute atomic E-state index is 11.0. The van der Waals surface area contributed by atoms with Gasteiger partial charge in [-0.05, 0) is 6.42 Å². The molecule has 3 amide bonds. The van der Waals surface area contributed by atoms with Crippen molar-refractivity contribution in [3.05, 3.63) is 0 Å². The number of rotatable bonds is 3. The van der Waals surface area contributed by atoms with Crippen LogP contribution in [0.1, 0.15) is 13.3 Å². The predicted octanol–water partition coefficient (Wildman–Crippen LogP) is 0.0628. The van der Waals surface area contributed by atoms with Gasteiger partial charge in [-0.25, -0.2) is 20.0 Å². The van der Waals surface area contributed by atoms with Crippen molar-refractivity contribution < 1.29 is 14.3 Å². The van der Waals surface area contributed by atoms with Crippen LogP contribution < -0.4 is 10.7 Å². The fourth-order valence-corrected chi connectivity index (χ4v) is 0.896. The lowest BCUT2D eigenvalue weighted by molar-refractivity contribution is 0.146. The van der Waals surface area contributed by atoms with Crippen molar-refractivity contribution in [2.24, 2.45) is 0 Å². The Bertz CT molecular complexity index is 207. The average Bonchev–Trinajstić information content (AvgIpc) is 2.48. The van der Waals surface area contributed by atoms with Gasteiger partial charge in [0.1, 0.15) is 6.61 Å². The molecule has 13 heavy (non-hydrogen) atoms. The van der Waals surface area contributed by atoms with E-state index in [2.05, 4.69) is 15.5 Å². The zero-order valence-electron chi connectivity index (χ0n) is 7.50. The molecule has 0 aromatic heterocycles. The van der Waals surface area contributed by atoms with Crippen LogP contribution in [0.15, 0.2) is 0 Å². The fourth-order valence-electron chi connectivity index (χ4n) is 0.896. The summed E-state index contributed by atoms with van der Waals surface area (Å²) in [5.74, 6) is 0. The zero-order chi connectivity index (χ0) is 9.68. The molecule has 0 unspecified atom stereocenters. The molecule has 2 N–H and O–H groups in total. The van der Waals surface area contributed by atoms with Gasteiger partial charge in [0.25, 0.3) is 0 Å². The van der Waals surface area contributed by atoms with Crippen molar-refractivity contribution in [3.8, 4) is 0 Å². The second-order valence-corrected chi connectivity index (χ2v) is 2.63. The van der Waals surface area contributed by atoms with Crippen LogP contribution in [-0.4, -0.2) is 36.8 Å². The molecule has 6 nitrogen and oxygen atoms in total. The second kappa shape index (κ2) is 4.54. The highest BCUT2D eigenvalue weighted by atomic mass is 16.6. The smallest absolute Gasteiger partial charge is 0.428 e. The van der Waals surface area contributed by atoms with Crippen LogP contribution in [0.2, 0.25) is 0 Å². The van der Waals surface area contributed by atoms with E-state index in [-0.39, 0.29) is 6.03 Å². The normalized spacial score (nSPS) is 15.5. The number of ether oxygens (including phenoxy) is 1. The Kier molecular flexibility index (Phi) is 3.36. The standard InChI is InChI=1S/C7H13N3O3/c1-2-3-8-6(11)9-10-4-5-13-7(10)12/h2-5H2,1H3,(H2,8,9,11). The molecule has 0 atom stereocenters. The minimum Gasteiger partial charge on any atom is -0.446 e. The third kappa shape index (κ3) is 2.81. The van der Waals surface area contributed by atoms with E-state index in [1.54, 1.807) is 0 Å². The molecule has 1 rings (SSSR count). The van der Waals surface area contributed by atoms with Crippen molar-refractivity contribution in [3.63, 3.8) is 0 Å². The number of nitrogens with zero attached hydrogens (tertiary/aromatic N) is 1. The van der Waals surface area contributed by atoms with Gasteiger partial charge < -0.3 is 10.1 Å². The fraction of sp³-hybridized carbons (Fsp3) is 0.714. The van der Waals surface area contributed by atoms with Crippen molar-refractivity contribution in [2.45, 2.75) is 13.3 Å². The molecule has 1 aliphatic heterocycles. The topological polar surface area (TPSA) is 70.7 Å². The number of hydrogen-bond donors (Lipinski definition) is 2. The molecule has 0 radical (unpaired) electrons. The minimum absolute atomic E-state index is 0.326. The molecule has 0 bridgehead atoms. The van der Waals surface area contributed by atoms with Gasteiger partial charge in [-0.15, -0.1) is 0 Å². The molecule has 74 valence electrons. The predicted molar refractivity (Wildman–Crippen MR) is 44.9 cm³/mol. The maximum Gasteiger partial charge on any atom is 0.428 e. The first-order chi connectivity index (χ1) is 6.24. The van der Waals surface area contributed by atoms with Crippen molar-refractivity contribution in [1.82, 2.24) is 15.8 Å². The van der Waals surface area contributed by atoms with E-state index in [1.807, 2.05) is 6.92 Å². The van der Waals surface area contributed by atoms with Crippen molar-refractivity contribution in [1.29, 1.82) is 0 Å². The summed E-state index contributed by atoms with van der Waals surface area (Å²) in [6, 6.07) is -0.374. The molecule has 1 fully saturated rings. The van der Waals surface area contributed by atoms with Crippen LogP contribution in [0.4, 0.5) is 9.59 Å².